The first-order chi connectivity index (χ1) is 19.5. The van der Waals surface area contributed by atoms with Crippen LogP contribution in [-0.2, 0) is 11.3 Å². The molecule has 4 aromatic heterocycles. The van der Waals surface area contributed by atoms with Crippen LogP contribution in [0.2, 0.25) is 0 Å². The molecule has 1 amide bonds. The molecule has 218 valence electrons. The number of amides is 1. The van der Waals surface area contributed by atoms with Crippen molar-refractivity contribution in [3.63, 3.8) is 0 Å². The lowest BCUT2D eigenvalue weighted by molar-refractivity contribution is -0.0495. The molecule has 1 fully saturated rings. The molecule has 1 aliphatic rings. The van der Waals surface area contributed by atoms with Crippen LogP contribution in [0.25, 0.3) is 5.65 Å². The van der Waals surface area contributed by atoms with Crippen LogP contribution in [0.3, 0.4) is 0 Å². The average Bonchev–Trinajstić information content (AvgIpc) is 3.69. The van der Waals surface area contributed by atoms with Gasteiger partial charge in [-0.1, -0.05) is 0 Å². The fourth-order valence-electron chi connectivity index (χ4n) is 5.22. The Bertz CT molecular complexity index is 1530. The van der Waals surface area contributed by atoms with Crippen LogP contribution in [0.5, 0.6) is 0 Å². The highest BCUT2D eigenvalue weighted by atomic mass is 19.3. The number of fused-ring (bicyclic) bond motifs is 1. The van der Waals surface area contributed by atoms with E-state index in [1.807, 2.05) is 27.7 Å². The number of carbonyl (C=O) groups is 2. The van der Waals surface area contributed by atoms with E-state index in [1.165, 1.54) is 0 Å². The first-order valence-corrected chi connectivity index (χ1v) is 13.8. The summed E-state index contributed by atoms with van der Waals surface area (Å²) in [6.07, 6.45) is 6.38. The van der Waals surface area contributed by atoms with Gasteiger partial charge in [0.25, 0.3) is 5.91 Å². The number of nitrogens with one attached hydrogen (secondary N) is 1. The second-order valence-corrected chi connectivity index (χ2v) is 11.1. The van der Waals surface area contributed by atoms with E-state index < -0.39 is 17.9 Å². The molecule has 11 nitrogen and oxygen atoms in total. The number of esters is 1. The quantitative estimate of drug-likeness (QED) is 0.284. The second kappa shape index (κ2) is 11.4. The highest BCUT2D eigenvalue weighted by molar-refractivity contribution is 5.92. The molecule has 0 spiro atoms. The van der Waals surface area contributed by atoms with Crippen LogP contribution >= 0.6 is 0 Å². The number of hydrogen-bond acceptors (Lipinski definition) is 7. The summed E-state index contributed by atoms with van der Waals surface area (Å²) in [5, 5.41) is 15.9. The molecule has 41 heavy (non-hydrogen) atoms. The molecule has 4 aromatic rings. The van der Waals surface area contributed by atoms with Crippen molar-refractivity contribution in [2.24, 2.45) is 5.92 Å². The fraction of sp³-hybridized carbons (Fsp3) is 0.500. The van der Waals surface area contributed by atoms with Gasteiger partial charge in [-0.2, -0.15) is 15.3 Å². The Morgan fingerprint density at radius 1 is 1.02 bits per heavy atom. The lowest BCUT2D eigenvalue weighted by Crippen LogP contribution is -2.38. The number of ether oxygens (including phenoxy) is 1. The number of aromatic nitrogens is 7. The topological polar surface area (TPSA) is 121 Å². The zero-order valence-corrected chi connectivity index (χ0v) is 23.5. The van der Waals surface area contributed by atoms with Crippen molar-refractivity contribution < 1.29 is 23.1 Å². The SMILES string of the molecule is CC(C)n1nccc1C(=O)NC(c1cn2ncc(COC(=O)c3ccnn3C(C)C)cc2n1)C1CCC(F)(F)CC1. The molecule has 4 heterocycles. The second-order valence-electron chi connectivity index (χ2n) is 11.1. The zero-order chi connectivity index (χ0) is 29.3. The number of halogens is 2. The molecule has 1 N–H and O–H groups in total. The van der Waals surface area contributed by atoms with Crippen LogP contribution < -0.4 is 5.32 Å². The maximum Gasteiger partial charge on any atom is 0.356 e. The predicted octanol–water partition coefficient (Wildman–Crippen LogP) is 4.94. The number of alkyl halides is 2. The van der Waals surface area contributed by atoms with Crippen LogP contribution in [0.1, 0.15) is 104 Å². The molecular weight excluding hydrogens is 534 g/mol. The zero-order valence-electron chi connectivity index (χ0n) is 23.5. The third-order valence-electron chi connectivity index (χ3n) is 7.36. The number of hydrogen-bond donors (Lipinski definition) is 1. The number of imidazole rings is 1. The van der Waals surface area contributed by atoms with Crippen molar-refractivity contribution in [3.05, 3.63) is 65.6 Å². The van der Waals surface area contributed by atoms with E-state index in [9.17, 15) is 18.4 Å². The van der Waals surface area contributed by atoms with E-state index in [-0.39, 0.29) is 56.2 Å². The Balaban J connectivity index is 1.37. The lowest BCUT2D eigenvalue weighted by atomic mass is 9.81. The van der Waals surface area contributed by atoms with Crippen LogP contribution in [0.15, 0.2) is 43.0 Å². The molecule has 0 radical (unpaired) electrons. The Labute approximate surface area is 235 Å². The third kappa shape index (κ3) is 6.13. The van der Waals surface area contributed by atoms with Crippen molar-refractivity contribution in [1.29, 1.82) is 0 Å². The number of carbonyl (C=O) groups excluding carboxylic acids is 2. The maximum absolute atomic E-state index is 14.0. The molecule has 0 aliphatic heterocycles. The summed E-state index contributed by atoms with van der Waals surface area (Å²) >= 11 is 0. The summed E-state index contributed by atoms with van der Waals surface area (Å²) in [7, 11) is 0. The number of rotatable bonds is 9. The Morgan fingerprint density at radius 2 is 1.66 bits per heavy atom. The first-order valence-electron chi connectivity index (χ1n) is 13.8. The Hall–Kier alpha value is -4.16. The van der Waals surface area contributed by atoms with Gasteiger partial charge in [0, 0.05) is 42.9 Å². The Kier molecular flexibility index (Phi) is 7.87. The first kappa shape index (κ1) is 28.4. The van der Waals surface area contributed by atoms with Gasteiger partial charge in [0.15, 0.2) is 5.65 Å². The largest absolute Gasteiger partial charge is 0.456 e. The van der Waals surface area contributed by atoms with Gasteiger partial charge in [0.2, 0.25) is 5.92 Å². The van der Waals surface area contributed by atoms with E-state index in [4.69, 9.17) is 9.72 Å². The van der Waals surface area contributed by atoms with Gasteiger partial charge < -0.3 is 10.1 Å². The van der Waals surface area contributed by atoms with Gasteiger partial charge in [-0.3, -0.25) is 14.2 Å². The molecule has 13 heteroatoms. The predicted molar refractivity (Wildman–Crippen MR) is 144 cm³/mol. The van der Waals surface area contributed by atoms with Gasteiger partial charge >= 0.3 is 5.97 Å². The molecule has 5 rings (SSSR count). The van der Waals surface area contributed by atoms with Gasteiger partial charge in [0.1, 0.15) is 18.0 Å². The van der Waals surface area contributed by atoms with E-state index in [1.54, 1.807) is 56.9 Å². The molecule has 1 atom stereocenters. The minimum absolute atomic E-state index is 0.00340. The standard InChI is InChI=1S/C28H34F2N8O3/c1-17(2)37-22(7-11-31-37)26(39)35-25(20-5-9-28(29,30)10-6-20)21-15-36-24(34-21)13-19(14-33-36)16-41-27(40)23-8-12-32-38(23)18(3)4/h7-8,11-15,17-18,20,25H,5-6,9-10,16H2,1-4H3,(H,35,39). The van der Waals surface area contributed by atoms with Crippen molar-refractivity contribution in [1.82, 2.24) is 39.5 Å². The lowest BCUT2D eigenvalue weighted by Gasteiger charge is -2.33. The summed E-state index contributed by atoms with van der Waals surface area (Å²) in [6.45, 7) is 7.67. The summed E-state index contributed by atoms with van der Waals surface area (Å²) in [4.78, 5) is 30.7. The van der Waals surface area contributed by atoms with Crippen LogP contribution in [0.4, 0.5) is 8.78 Å². The van der Waals surface area contributed by atoms with Crippen LogP contribution in [0, 0.1) is 5.92 Å². The van der Waals surface area contributed by atoms with E-state index in [0.717, 1.165) is 0 Å². The third-order valence-corrected chi connectivity index (χ3v) is 7.36. The monoisotopic (exact) mass is 568 g/mol. The molecule has 1 saturated carbocycles. The number of nitrogens with zero attached hydrogens (tertiary/aromatic N) is 7. The Morgan fingerprint density at radius 3 is 2.32 bits per heavy atom. The molecule has 0 saturated heterocycles. The summed E-state index contributed by atoms with van der Waals surface area (Å²) < 4.78 is 38.3. The van der Waals surface area contributed by atoms with Gasteiger partial charge in [-0.05, 0) is 64.7 Å². The maximum atomic E-state index is 14.0. The highest BCUT2D eigenvalue weighted by Crippen LogP contribution is 2.41. The molecular formula is C28H34F2N8O3. The average molecular weight is 569 g/mol. The minimum atomic E-state index is -2.71. The highest BCUT2D eigenvalue weighted by Gasteiger charge is 2.39. The normalized spacial score (nSPS) is 16.4. The molecule has 1 aliphatic carbocycles. The summed E-state index contributed by atoms with van der Waals surface area (Å²) in [5.74, 6) is -3.79. The summed E-state index contributed by atoms with van der Waals surface area (Å²) in [6, 6.07) is 4.35. The van der Waals surface area contributed by atoms with Crippen LogP contribution in [-0.4, -0.2) is 52.0 Å². The minimum Gasteiger partial charge on any atom is -0.456 e. The van der Waals surface area contributed by atoms with Gasteiger partial charge in [-0.15, -0.1) is 0 Å². The van der Waals surface area contributed by atoms with Gasteiger partial charge in [-0.25, -0.2) is 23.1 Å². The summed E-state index contributed by atoms with van der Waals surface area (Å²) in [5.41, 5.74) is 2.36. The van der Waals surface area contributed by atoms with E-state index in [0.29, 0.717) is 28.3 Å². The molecule has 0 bridgehead atoms. The van der Waals surface area contributed by atoms with Crippen molar-refractivity contribution in [3.8, 4) is 0 Å². The molecule has 0 aromatic carbocycles. The fourth-order valence-corrected chi connectivity index (χ4v) is 5.22. The smallest absolute Gasteiger partial charge is 0.356 e. The van der Waals surface area contributed by atoms with Gasteiger partial charge in [0.05, 0.1) is 24.1 Å². The van der Waals surface area contributed by atoms with E-state index >= 15 is 0 Å². The van der Waals surface area contributed by atoms with Crippen molar-refractivity contribution in [2.45, 2.75) is 84.0 Å². The van der Waals surface area contributed by atoms with Crippen molar-refractivity contribution in [2.75, 3.05) is 0 Å². The van der Waals surface area contributed by atoms with Crippen molar-refractivity contribution >= 4 is 17.5 Å². The van der Waals surface area contributed by atoms with E-state index in [2.05, 4.69) is 20.6 Å². The molecule has 1 unspecified atom stereocenters.